The molecule has 1 aromatic heterocycles. The number of carbonyl (C=O) groups excluding carboxylic acids is 1. The summed E-state index contributed by atoms with van der Waals surface area (Å²) < 4.78 is 0. The minimum Gasteiger partial charge on any atom is -0.331 e. The van der Waals surface area contributed by atoms with Crippen molar-refractivity contribution in [3.05, 3.63) is 60.4 Å². The van der Waals surface area contributed by atoms with E-state index in [0.29, 0.717) is 0 Å². The Kier molecular flexibility index (Phi) is 5.76. The molecule has 4 nitrogen and oxygen atoms in total. The molecule has 0 saturated carbocycles. The molecule has 1 aromatic carbocycles. The Hall–Kier alpha value is -2.36. The van der Waals surface area contributed by atoms with Crippen molar-refractivity contribution in [1.82, 2.24) is 10.3 Å². The molecule has 1 atom stereocenters. The predicted octanol–water partition coefficient (Wildman–Crippen LogP) is 4.13. The second kappa shape index (κ2) is 8.04. The number of nitrogens with zero attached hydrogens (tertiary/aromatic N) is 1. The van der Waals surface area contributed by atoms with Crippen molar-refractivity contribution in [2.45, 2.75) is 32.2 Å². The smallest absolute Gasteiger partial charge is 0.319 e. The van der Waals surface area contributed by atoms with Crippen LogP contribution in [0.2, 0.25) is 0 Å². The maximum Gasteiger partial charge on any atom is 0.319 e. The Morgan fingerprint density at radius 1 is 1.19 bits per heavy atom. The summed E-state index contributed by atoms with van der Waals surface area (Å²) >= 11 is 0. The van der Waals surface area contributed by atoms with Gasteiger partial charge in [-0.15, -0.1) is 0 Å². The lowest BCUT2D eigenvalue weighted by Gasteiger charge is -2.19. The minimum absolute atomic E-state index is 0.0117. The Morgan fingerprint density at radius 2 is 2.00 bits per heavy atom. The monoisotopic (exact) mass is 283 g/mol. The van der Waals surface area contributed by atoms with Gasteiger partial charge in [0.1, 0.15) is 0 Å². The van der Waals surface area contributed by atoms with E-state index in [9.17, 15) is 4.79 Å². The van der Waals surface area contributed by atoms with Gasteiger partial charge in [-0.3, -0.25) is 4.98 Å². The zero-order chi connectivity index (χ0) is 14.9. The van der Waals surface area contributed by atoms with Crippen LogP contribution in [-0.2, 0) is 0 Å². The molecule has 0 saturated heterocycles. The highest BCUT2D eigenvalue weighted by Crippen LogP contribution is 2.18. The first-order valence-corrected chi connectivity index (χ1v) is 7.32. The molecule has 0 radical (unpaired) electrons. The van der Waals surface area contributed by atoms with E-state index >= 15 is 0 Å². The van der Waals surface area contributed by atoms with Crippen molar-refractivity contribution < 1.29 is 4.79 Å². The van der Waals surface area contributed by atoms with E-state index in [1.54, 1.807) is 6.20 Å². The van der Waals surface area contributed by atoms with Gasteiger partial charge in [0.2, 0.25) is 0 Å². The maximum absolute atomic E-state index is 12.1. The summed E-state index contributed by atoms with van der Waals surface area (Å²) in [6.07, 6.45) is 6.61. The van der Waals surface area contributed by atoms with Crippen molar-refractivity contribution in [3.8, 4) is 0 Å². The van der Waals surface area contributed by atoms with Crippen LogP contribution >= 0.6 is 0 Å². The third-order valence-electron chi connectivity index (χ3n) is 3.27. The molecule has 21 heavy (non-hydrogen) atoms. The SMILES string of the molecule is CCCCC(NC(=O)Nc1ccccc1)c1cccnc1. The summed E-state index contributed by atoms with van der Waals surface area (Å²) in [5, 5.41) is 5.87. The number of hydrogen-bond acceptors (Lipinski definition) is 2. The van der Waals surface area contributed by atoms with E-state index in [2.05, 4.69) is 22.5 Å². The molecule has 4 heteroatoms. The van der Waals surface area contributed by atoms with E-state index in [4.69, 9.17) is 0 Å². The molecule has 110 valence electrons. The topological polar surface area (TPSA) is 54.0 Å². The lowest BCUT2D eigenvalue weighted by molar-refractivity contribution is 0.247. The van der Waals surface area contributed by atoms with E-state index in [1.807, 2.05) is 48.7 Å². The minimum atomic E-state index is -0.189. The number of unbranched alkanes of at least 4 members (excludes halogenated alkanes) is 1. The van der Waals surface area contributed by atoms with Crippen molar-refractivity contribution >= 4 is 11.7 Å². The zero-order valence-corrected chi connectivity index (χ0v) is 12.3. The lowest BCUT2D eigenvalue weighted by Crippen LogP contribution is -2.32. The van der Waals surface area contributed by atoms with Crippen LogP contribution in [0.1, 0.15) is 37.8 Å². The van der Waals surface area contributed by atoms with E-state index < -0.39 is 0 Å². The fourth-order valence-corrected chi connectivity index (χ4v) is 2.16. The van der Waals surface area contributed by atoms with Crippen LogP contribution in [0.5, 0.6) is 0 Å². The number of anilines is 1. The van der Waals surface area contributed by atoms with Crippen LogP contribution in [-0.4, -0.2) is 11.0 Å². The molecular formula is C17H21N3O. The fourth-order valence-electron chi connectivity index (χ4n) is 2.16. The average molecular weight is 283 g/mol. The third-order valence-corrected chi connectivity index (χ3v) is 3.27. The van der Waals surface area contributed by atoms with Crippen molar-refractivity contribution in [2.75, 3.05) is 5.32 Å². The van der Waals surface area contributed by atoms with Crippen LogP contribution in [0.4, 0.5) is 10.5 Å². The molecule has 2 amide bonds. The molecule has 0 aliphatic heterocycles. The average Bonchev–Trinajstić information content (AvgIpc) is 2.53. The quantitative estimate of drug-likeness (QED) is 0.837. The highest BCUT2D eigenvalue weighted by Gasteiger charge is 2.14. The molecule has 2 N–H and O–H groups in total. The summed E-state index contributed by atoms with van der Waals surface area (Å²) in [4.78, 5) is 16.2. The van der Waals surface area contributed by atoms with Crippen LogP contribution in [0.15, 0.2) is 54.9 Å². The first kappa shape index (κ1) is 15.0. The summed E-state index contributed by atoms with van der Waals surface area (Å²) in [5.74, 6) is 0. The van der Waals surface area contributed by atoms with Gasteiger partial charge in [-0.25, -0.2) is 4.79 Å². The molecule has 0 fully saturated rings. The molecule has 1 heterocycles. The Bertz CT molecular complexity index is 542. The fraction of sp³-hybridized carbons (Fsp3) is 0.294. The summed E-state index contributed by atoms with van der Waals surface area (Å²) in [6, 6.07) is 13.1. The van der Waals surface area contributed by atoms with Gasteiger partial charge in [0.05, 0.1) is 6.04 Å². The van der Waals surface area contributed by atoms with Crippen LogP contribution in [0.25, 0.3) is 0 Å². The highest BCUT2D eigenvalue weighted by atomic mass is 16.2. The molecule has 0 aliphatic carbocycles. The third kappa shape index (κ3) is 4.91. The number of carbonyl (C=O) groups is 1. The van der Waals surface area contributed by atoms with Gasteiger partial charge in [-0.2, -0.15) is 0 Å². The summed E-state index contributed by atoms with van der Waals surface area (Å²) in [5.41, 5.74) is 1.82. The van der Waals surface area contributed by atoms with E-state index in [-0.39, 0.29) is 12.1 Å². The second-order valence-corrected chi connectivity index (χ2v) is 4.95. The first-order valence-electron chi connectivity index (χ1n) is 7.32. The molecule has 2 rings (SSSR count). The number of rotatable bonds is 6. The standard InChI is InChI=1S/C17H21N3O/c1-2-3-11-16(14-8-7-12-18-13-14)20-17(21)19-15-9-5-4-6-10-15/h4-10,12-13,16H,2-3,11H2,1H3,(H2,19,20,21). The van der Waals surface area contributed by atoms with Gasteiger partial charge in [-0.05, 0) is 30.2 Å². The number of benzene rings is 1. The molecule has 1 unspecified atom stereocenters. The number of amides is 2. The first-order chi connectivity index (χ1) is 10.3. The molecule has 2 aromatic rings. The zero-order valence-electron chi connectivity index (χ0n) is 12.3. The molecule has 0 bridgehead atoms. The molecular weight excluding hydrogens is 262 g/mol. The Labute approximate surface area is 125 Å². The highest BCUT2D eigenvalue weighted by molar-refractivity contribution is 5.89. The number of aromatic nitrogens is 1. The Morgan fingerprint density at radius 3 is 2.67 bits per heavy atom. The van der Waals surface area contributed by atoms with E-state index in [0.717, 1.165) is 30.5 Å². The van der Waals surface area contributed by atoms with Crippen LogP contribution in [0, 0.1) is 0 Å². The van der Waals surface area contributed by atoms with Crippen molar-refractivity contribution in [3.63, 3.8) is 0 Å². The summed E-state index contributed by atoms with van der Waals surface area (Å²) in [7, 11) is 0. The number of para-hydroxylation sites is 1. The van der Waals surface area contributed by atoms with E-state index in [1.165, 1.54) is 0 Å². The predicted molar refractivity (Wildman–Crippen MR) is 85.1 cm³/mol. The van der Waals surface area contributed by atoms with Gasteiger partial charge in [0.25, 0.3) is 0 Å². The molecule has 0 spiro atoms. The number of pyridine rings is 1. The van der Waals surface area contributed by atoms with Crippen LogP contribution in [0.3, 0.4) is 0 Å². The lowest BCUT2D eigenvalue weighted by atomic mass is 10.0. The normalized spacial score (nSPS) is 11.7. The van der Waals surface area contributed by atoms with Gasteiger partial charge < -0.3 is 10.6 Å². The van der Waals surface area contributed by atoms with Crippen molar-refractivity contribution in [2.24, 2.45) is 0 Å². The molecule has 0 aliphatic rings. The number of hydrogen-bond donors (Lipinski definition) is 2. The number of urea groups is 1. The van der Waals surface area contributed by atoms with Gasteiger partial charge in [0, 0.05) is 18.1 Å². The van der Waals surface area contributed by atoms with Crippen LogP contribution < -0.4 is 10.6 Å². The summed E-state index contributed by atoms with van der Waals surface area (Å²) in [6.45, 7) is 2.14. The Balaban J connectivity index is 1.99. The van der Waals surface area contributed by atoms with Gasteiger partial charge in [-0.1, -0.05) is 44.0 Å². The van der Waals surface area contributed by atoms with Gasteiger partial charge in [0.15, 0.2) is 0 Å². The number of nitrogens with one attached hydrogen (secondary N) is 2. The largest absolute Gasteiger partial charge is 0.331 e. The van der Waals surface area contributed by atoms with Gasteiger partial charge >= 0.3 is 6.03 Å². The van der Waals surface area contributed by atoms with Crippen molar-refractivity contribution in [1.29, 1.82) is 0 Å². The second-order valence-electron chi connectivity index (χ2n) is 4.95. The maximum atomic E-state index is 12.1.